The molecule has 5 nitrogen and oxygen atoms in total. The molecule has 0 spiro atoms. The van der Waals surface area contributed by atoms with Crippen molar-refractivity contribution in [3.8, 4) is 0 Å². The molecule has 21 heavy (non-hydrogen) atoms. The lowest BCUT2D eigenvalue weighted by Gasteiger charge is -2.25. The van der Waals surface area contributed by atoms with Crippen molar-refractivity contribution in [1.29, 1.82) is 0 Å². The summed E-state index contributed by atoms with van der Waals surface area (Å²) in [6.07, 6.45) is -0.577. The van der Waals surface area contributed by atoms with Gasteiger partial charge in [0.25, 0.3) is 0 Å². The van der Waals surface area contributed by atoms with Crippen LogP contribution >= 0.6 is 0 Å². The SMILES string of the molecule is CC(=O)CC(O)(COC(=O)c1ccc(F)cc1)CC(C)=O. The third kappa shape index (κ3) is 5.83. The van der Waals surface area contributed by atoms with Gasteiger partial charge in [-0.25, -0.2) is 9.18 Å². The maximum absolute atomic E-state index is 12.7. The Morgan fingerprint density at radius 2 is 1.57 bits per heavy atom. The number of rotatable bonds is 7. The standard InChI is InChI=1S/C15H17FO5/c1-10(17)7-15(20,8-11(2)18)9-21-14(19)12-3-5-13(16)6-4-12/h3-6,20H,7-9H2,1-2H3. The normalized spacial score (nSPS) is 11.0. The fourth-order valence-electron chi connectivity index (χ4n) is 1.96. The van der Waals surface area contributed by atoms with E-state index in [-0.39, 0.29) is 30.0 Å². The average Bonchev–Trinajstić information content (AvgIpc) is 2.35. The van der Waals surface area contributed by atoms with E-state index in [1.807, 2.05) is 0 Å². The molecule has 0 saturated heterocycles. The Kier molecular flexibility index (Phi) is 5.72. The first-order valence-corrected chi connectivity index (χ1v) is 6.36. The molecule has 0 radical (unpaired) electrons. The van der Waals surface area contributed by atoms with Crippen LogP contribution < -0.4 is 0 Å². The Balaban J connectivity index is 2.71. The monoisotopic (exact) mass is 296 g/mol. The Morgan fingerprint density at radius 3 is 2.00 bits per heavy atom. The number of halogens is 1. The third-order valence-electron chi connectivity index (χ3n) is 2.71. The zero-order valence-electron chi connectivity index (χ0n) is 11.9. The molecule has 0 bridgehead atoms. The maximum atomic E-state index is 12.7. The number of esters is 1. The summed E-state index contributed by atoms with van der Waals surface area (Å²) in [6.45, 7) is 2.06. The summed E-state index contributed by atoms with van der Waals surface area (Å²) in [5.74, 6) is -1.90. The molecule has 0 heterocycles. The summed E-state index contributed by atoms with van der Waals surface area (Å²) in [6, 6.07) is 4.70. The topological polar surface area (TPSA) is 80.7 Å². The molecule has 0 aliphatic rings. The fourth-order valence-corrected chi connectivity index (χ4v) is 1.96. The van der Waals surface area contributed by atoms with E-state index in [9.17, 15) is 23.9 Å². The highest BCUT2D eigenvalue weighted by Gasteiger charge is 2.32. The van der Waals surface area contributed by atoms with Gasteiger partial charge in [-0.3, -0.25) is 9.59 Å². The minimum Gasteiger partial charge on any atom is -0.459 e. The van der Waals surface area contributed by atoms with Gasteiger partial charge in [0.2, 0.25) is 0 Å². The van der Waals surface area contributed by atoms with E-state index in [4.69, 9.17) is 4.74 Å². The van der Waals surface area contributed by atoms with E-state index in [2.05, 4.69) is 0 Å². The molecule has 0 unspecified atom stereocenters. The van der Waals surface area contributed by atoms with Crippen LogP contribution in [0.1, 0.15) is 37.0 Å². The van der Waals surface area contributed by atoms with Gasteiger partial charge in [0.15, 0.2) is 0 Å². The lowest BCUT2D eigenvalue weighted by molar-refractivity contribution is -0.130. The number of Topliss-reactive ketones (excluding diaryl/α,β-unsaturated/α-hetero) is 2. The van der Waals surface area contributed by atoms with Crippen molar-refractivity contribution in [1.82, 2.24) is 0 Å². The van der Waals surface area contributed by atoms with Crippen LogP contribution in [0.5, 0.6) is 0 Å². The summed E-state index contributed by atoms with van der Waals surface area (Å²) in [7, 11) is 0. The van der Waals surface area contributed by atoms with Gasteiger partial charge in [-0.1, -0.05) is 0 Å². The first-order valence-electron chi connectivity index (χ1n) is 6.36. The number of ketones is 2. The lowest BCUT2D eigenvalue weighted by Crippen LogP contribution is -2.39. The van der Waals surface area contributed by atoms with Gasteiger partial charge in [-0.2, -0.15) is 0 Å². The molecule has 0 amide bonds. The second-order valence-electron chi connectivity index (χ2n) is 5.06. The van der Waals surface area contributed by atoms with Crippen molar-refractivity contribution in [2.45, 2.75) is 32.3 Å². The Labute approximate surface area is 121 Å². The zero-order valence-corrected chi connectivity index (χ0v) is 11.9. The fraction of sp³-hybridized carbons (Fsp3) is 0.400. The Hall–Kier alpha value is -2.08. The first-order chi connectivity index (χ1) is 9.72. The van der Waals surface area contributed by atoms with Crippen LogP contribution in [-0.2, 0) is 14.3 Å². The molecule has 0 aliphatic carbocycles. The van der Waals surface area contributed by atoms with E-state index in [0.717, 1.165) is 12.1 Å². The minimum absolute atomic E-state index is 0.115. The van der Waals surface area contributed by atoms with Crippen molar-refractivity contribution in [3.05, 3.63) is 35.6 Å². The van der Waals surface area contributed by atoms with E-state index >= 15 is 0 Å². The van der Waals surface area contributed by atoms with Gasteiger partial charge in [0.1, 0.15) is 29.6 Å². The van der Waals surface area contributed by atoms with Gasteiger partial charge in [0, 0.05) is 12.8 Å². The van der Waals surface area contributed by atoms with Crippen molar-refractivity contribution >= 4 is 17.5 Å². The first kappa shape index (κ1) is 17.0. The van der Waals surface area contributed by atoms with Crippen LogP contribution in [-0.4, -0.2) is 34.9 Å². The molecule has 0 fully saturated rings. The molecule has 6 heteroatoms. The number of benzene rings is 1. The number of carbonyl (C=O) groups excluding carboxylic acids is 3. The molecule has 0 saturated carbocycles. The number of hydrogen-bond donors (Lipinski definition) is 1. The highest BCUT2D eigenvalue weighted by atomic mass is 19.1. The predicted molar refractivity (Wildman–Crippen MR) is 72.2 cm³/mol. The number of aliphatic hydroxyl groups is 1. The summed E-state index contributed by atoms with van der Waals surface area (Å²) < 4.78 is 17.7. The summed E-state index contributed by atoms with van der Waals surface area (Å²) in [5, 5.41) is 10.2. The van der Waals surface area contributed by atoms with Gasteiger partial charge < -0.3 is 9.84 Å². The molecule has 1 aromatic rings. The molecule has 1 N–H and O–H groups in total. The van der Waals surface area contributed by atoms with Crippen LogP contribution in [0.25, 0.3) is 0 Å². The summed E-state index contributed by atoms with van der Waals surface area (Å²) in [4.78, 5) is 34.0. The number of hydrogen-bond acceptors (Lipinski definition) is 5. The van der Waals surface area contributed by atoms with Crippen LogP contribution in [0.3, 0.4) is 0 Å². The van der Waals surface area contributed by atoms with E-state index in [1.165, 1.54) is 26.0 Å². The van der Waals surface area contributed by atoms with Crippen LogP contribution in [0.15, 0.2) is 24.3 Å². The van der Waals surface area contributed by atoms with Gasteiger partial charge >= 0.3 is 5.97 Å². The molecular weight excluding hydrogens is 279 g/mol. The largest absolute Gasteiger partial charge is 0.459 e. The number of ether oxygens (including phenoxy) is 1. The van der Waals surface area contributed by atoms with E-state index in [1.54, 1.807) is 0 Å². The van der Waals surface area contributed by atoms with E-state index in [0.29, 0.717) is 0 Å². The van der Waals surface area contributed by atoms with Crippen LogP contribution in [0, 0.1) is 5.82 Å². The lowest BCUT2D eigenvalue weighted by atomic mass is 9.92. The highest BCUT2D eigenvalue weighted by molar-refractivity contribution is 5.89. The average molecular weight is 296 g/mol. The van der Waals surface area contributed by atoms with Crippen molar-refractivity contribution < 1.29 is 28.6 Å². The molecule has 1 rings (SSSR count). The van der Waals surface area contributed by atoms with Gasteiger partial charge in [-0.05, 0) is 38.1 Å². The Bertz CT molecular complexity index is 519. The molecular formula is C15H17FO5. The summed E-state index contributed by atoms with van der Waals surface area (Å²) in [5.41, 5.74) is -1.60. The second kappa shape index (κ2) is 7.08. The van der Waals surface area contributed by atoms with Crippen LogP contribution in [0.2, 0.25) is 0 Å². The highest BCUT2D eigenvalue weighted by Crippen LogP contribution is 2.18. The minimum atomic E-state index is -1.71. The van der Waals surface area contributed by atoms with Crippen molar-refractivity contribution in [3.63, 3.8) is 0 Å². The molecule has 0 aliphatic heterocycles. The van der Waals surface area contributed by atoms with Crippen LogP contribution in [0.4, 0.5) is 4.39 Å². The van der Waals surface area contributed by atoms with E-state index < -0.39 is 24.0 Å². The molecule has 114 valence electrons. The molecule has 0 aromatic heterocycles. The second-order valence-corrected chi connectivity index (χ2v) is 5.06. The predicted octanol–water partition coefficient (Wildman–Crippen LogP) is 1.67. The quantitative estimate of drug-likeness (QED) is 0.774. The zero-order chi connectivity index (χ0) is 16.0. The Morgan fingerprint density at radius 1 is 1.10 bits per heavy atom. The summed E-state index contributed by atoms with van der Waals surface area (Å²) >= 11 is 0. The van der Waals surface area contributed by atoms with Crippen molar-refractivity contribution in [2.75, 3.05) is 6.61 Å². The third-order valence-corrected chi connectivity index (χ3v) is 2.71. The van der Waals surface area contributed by atoms with Gasteiger partial charge in [0.05, 0.1) is 5.56 Å². The smallest absolute Gasteiger partial charge is 0.338 e. The molecule has 1 aromatic carbocycles. The molecule has 0 atom stereocenters. The number of carbonyl (C=O) groups is 3. The maximum Gasteiger partial charge on any atom is 0.338 e. The van der Waals surface area contributed by atoms with Gasteiger partial charge in [-0.15, -0.1) is 0 Å². The van der Waals surface area contributed by atoms with Crippen molar-refractivity contribution in [2.24, 2.45) is 0 Å².